The van der Waals surface area contributed by atoms with Gasteiger partial charge in [0.2, 0.25) is 0 Å². The van der Waals surface area contributed by atoms with Crippen LogP contribution >= 0.6 is 15.9 Å². The van der Waals surface area contributed by atoms with Crippen molar-refractivity contribution in [3.05, 3.63) is 58.1 Å². The molecule has 0 bridgehead atoms. The van der Waals surface area contributed by atoms with Crippen molar-refractivity contribution < 1.29 is 4.74 Å². The van der Waals surface area contributed by atoms with Gasteiger partial charge in [0.15, 0.2) is 0 Å². The summed E-state index contributed by atoms with van der Waals surface area (Å²) >= 11 is 3.63. The van der Waals surface area contributed by atoms with Gasteiger partial charge >= 0.3 is 0 Å². The Labute approximate surface area is 133 Å². The Morgan fingerprint density at radius 1 is 1.24 bits per heavy atom. The summed E-state index contributed by atoms with van der Waals surface area (Å²) in [6.07, 6.45) is 0. The molecule has 0 fully saturated rings. The maximum absolute atomic E-state index is 5.97. The molecule has 0 saturated heterocycles. The molecule has 0 unspecified atom stereocenters. The van der Waals surface area contributed by atoms with E-state index in [2.05, 4.69) is 51.2 Å². The number of nitrogens with zero attached hydrogens (tertiary/aromatic N) is 1. The van der Waals surface area contributed by atoms with Crippen molar-refractivity contribution in [3.8, 4) is 5.75 Å². The lowest BCUT2D eigenvalue weighted by Crippen LogP contribution is -2.25. The smallest absolute Gasteiger partial charge is 0.124 e. The number of anilines is 1. The van der Waals surface area contributed by atoms with E-state index in [1.807, 2.05) is 19.1 Å². The van der Waals surface area contributed by atoms with Crippen LogP contribution < -0.4 is 15.4 Å². The lowest BCUT2D eigenvalue weighted by Gasteiger charge is -2.23. The first-order valence-electron chi connectivity index (χ1n) is 7.16. The first kappa shape index (κ1) is 14.4. The Morgan fingerprint density at radius 2 is 2.05 bits per heavy atom. The van der Waals surface area contributed by atoms with Gasteiger partial charge < -0.3 is 15.4 Å². The first-order chi connectivity index (χ1) is 10.1. The number of hydrogen-bond acceptors (Lipinski definition) is 3. The fraction of sp³-hybridized carbons (Fsp3) is 0.294. The maximum Gasteiger partial charge on any atom is 0.124 e. The van der Waals surface area contributed by atoms with Crippen LogP contribution in [0.1, 0.15) is 24.1 Å². The van der Waals surface area contributed by atoms with Crippen molar-refractivity contribution in [2.24, 2.45) is 5.73 Å². The highest BCUT2D eigenvalue weighted by Crippen LogP contribution is 2.30. The van der Waals surface area contributed by atoms with Crippen LogP contribution in [0.3, 0.4) is 0 Å². The summed E-state index contributed by atoms with van der Waals surface area (Å²) in [7, 11) is 0. The highest BCUT2D eigenvalue weighted by Gasteiger charge is 2.16. The molecule has 0 aliphatic carbocycles. The molecule has 110 valence electrons. The number of rotatable bonds is 2. The standard InChI is InChI=1S/C17H19BrN2O/c1-12(19)15-7-6-14(10-16(15)18)20-8-9-21-17-5-3-2-4-13(17)11-20/h2-7,10,12H,8-9,11,19H2,1H3/t12-/m1/s1. The molecule has 3 nitrogen and oxygen atoms in total. The molecule has 2 aromatic rings. The number of para-hydroxylation sites is 1. The van der Waals surface area contributed by atoms with Gasteiger partial charge in [0.25, 0.3) is 0 Å². The summed E-state index contributed by atoms with van der Waals surface area (Å²) in [6.45, 7) is 4.43. The number of benzene rings is 2. The van der Waals surface area contributed by atoms with Gasteiger partial charge in [-0.25, -0.2) is 0 Å². The lowest BCUT2D eigenvalue weighted by molar-refractivity contribution is 0.331. The quantitative estimate of drug-likeness (QED) is 0.896. The predicted octanol–water partition coefficient (Wildman–Crippen LogP) is 3.87. The summed E-state index contributed by atoms with van der Waals surface area (Å²) in [6, 6.07) is 14.6. The third kappa shape index (κ3) is 3.06. The highest BCUT2D eigenvalue weighted by molar-refractivity contribution is 9.10. The normalized spacial score (nSPS) is 15.9. The van der Waals surface area contributed by atoms with Crippen LogP contribution in [-0.2, 0) is 6.54 Å². The summed E-state index contributed by atoms with van der Waals surface area (Å²) in [5.74, 6) is 0.992. The topological polar surface area (TPSA) is 38.5 Å². The van der Waals surface area contributed by atoms with Crippen molar-refractivity contribution >= 4 is 21.6 Å². The van der Waals surface area contributed by atoms with Gasteiger partial charge in [-0.15, -0.1) is 0 Å². The van der Waals surface area contributed by atoms with Gasteiger partial charge in [-0.05, 0) is 30.7 Å². The lowest BCUT2D eigenvalue weighted by atomic mass is 10.1. The minimum Gasteiger partial charge on any atom is -0.491 e. The zero-order valence-electron chi connectivity index (χ0n) is 12.1. The second-order valence-electron chi connectivity index (χ2n) is 5.37. The largest absolute Gasteiger partial charge is 0.491 e. The van der Waals surface area contributed by atoms with Crippen molar-refractivity contribution in [2.45, 2.75) is 19.5 Å². The van der Waals surface area contributed by atoms with Crippen LogP contribution in [0.25, 0.3) is 0 Å². The maximum atomic E-state index is 5.97. The Bertz CT molecular complexity index is 642. The first-order valence-corrected chi connectivity index (χ1v) is 7.95. The van der Waals surface area contributed by atoms with Gasteiger partial charge in [-0.2, -0.15) is 0 Å². The molecule has 2 aromatic carbocycles. The molecule has 4 heteroatoms. The molecule has 0 radical (unpaired) electrons. The van der Waals surface area contributed by atoms with Crippen LogP contribution in [0.2, 0.25) is 0 Å². The molecule has 1 aliphatic heterocycles. The molecule has 0 aromatic heterocycles. The molecule has 1 atom stereocenters. The zero-order valence-corrected chi connectivity index (χ0v) is 13.6. The van der Waals surface area contributed by atoms with Gasteiger partial charge in [-0.1, -0.05) is 40.2 Å². The van der Waals surface area contributed by atoms with Crippen LogP contribution in [0, 0.1) is 0 Å². The van der Waals surface area contributed by atoms with Gasteiger partial charge in [0.05, 0.1) is 6.54 Å². The van der Waals surface area contributed by atoms with Crippen LogP contribution in [-0.4, -0.2) is 13.2 Å². The molecular weight excluding hydrogens is 328 g/mol. The van der Waals surface area contributed by atoms with Crippen LogP contribution in [0.15, 0.2) is 46.9 Å². The van der Waals surface area contributed by atoms with E-state index in [0.29, 0.717) is 6.61 Å². The van der Waals surface area contributed by atoms with Gasteiger partial charge in [0, 0.05) is 28.3 Å². The Kier molecular flexibility index (Phi) is 4.17. The molecular formula is C17H19BrN2O. The average molecular weight is 347 g/mol. The van der Waals surface area contributed by atoms with E-state index in [9.17, 15) is 0 Å². The monoisotopic (exact) mass is 346 g/mol. The summed E-state index contributed by atoms with van der Waals surface area (Å²) in [4.78, 5) is 2.33. The SMILES string of the molecule is C[C@@H](N)c1ccc(N2CCOc3ccccc3C2)cc1Br. The molecule has 1 aliphatic rings. The molecule has 0 amide bonds. The second kappa shape index (κ2) is 6.08. The van der Waals surface area contributed by atoms with E-state index in [1.165, 1.54) is 11.3 Å². The summed E-state index contributed by atoms with van der Waals surface area (Å²) < 4.78 is 6.88. The van der Waals surface area contributed by atoms with Crippen LogP contribution in [0.4, 0.5) is 5.69 Å². The molecule has 21 heavy (non-hydrogen) atoms. The summed E-state index contributed by atoms with van der Waals surface area (Å²) in [5, 5.41) is 0. The van der Waals surface area contributed by atoms with Crippen molar-refractivity contribution in [1.29, 1.82) is 0 Å². The van der Waals surface area contributed by atoms with Gasteiger partial charge in [-0.3, -0.25) is 0 Å². The summed E-state index contributed by atoms with van der Waals surface area (Å²) in [5.41, 5.74) is 9.51. The Morgan fingerprint density at radius 3 is 2.81 bits per heavy atom. The van der Waals surface area contributed by atoms with Gasteiger partial charge in [0.1, 0.15) is 12.4 Å². The average Bonchev–Trinajstić information content (AvgIpc) is 2.68. The van der Waals surface area contributed by atoms with E-state index in [4.69, 9.17) is 10.5 Å². The Hall–Kier alpha value is -1.52. The molecule has 2 N–H and O–H groups in total. The minimum atomic E-state index is 0.0293. The number of hydrogen-bond donors (Lipinski definition) is 1. The number of fused-ring (bicyclic) bond motifs is 1. The Balaban J connectivity index is 1.89. The molecule has 3 rings (SSSR count). The zero-order chi connectivity index (χ0) is 14.8. The van der Waals surface area contributed by atoms with E-state index in [0.717, 1.165) is 28.9 Å². The number of halogens is 1. The van der Waals surface area contributed by atoms with Crippen molar-refractivity contribution in [2.75, 3.05) is 18.1 Å². The number of ether oxygens (including phenoxy) is 1. The third-order valence-corrected chi connectivity index (χ3v) is 4.48. The fourth-order valence-electron chi connectivity index (χ4n) is 2.63. The molecule has 1 heterocycles. The van der Waals surface area contributed by atoms with Crippen molar-refractivity contribution in [3.63, 3.8) is 0 Å². The van der Waals surface area contributed by atoms with E-state index < -0.39 is 0 Å². The third-order valence-electron chi connectivity index (χ3n) is 3.79. The molecule has 0 saturated carbocycles. The van der Waals surface area contributed by atoms with E-state index in [1.54, 1.807) is 0 Å². The fourth-order valence-corrected chi connectivity index (χ4v) is 3.36. The minimum absolute atomic E-state index is 0.0293. The second-order valence-corrected chi connectivity index (χ2v) is 6.23. The number of nitrogens with two attached hydrogens (primary N) is 1. The highest BCUT2D eigenvalue weighted by atomic mass is 79.9. The van der Waals surface area contributed by atoms with E-state index >= 15 is 0 Å². The van der Waals surface area contributed by atoms with E-state index in [-0.39, 0.29) is 6.04 Å². The molecule has 0 spiro atoms. The van der Waals surface area contributed by atoms with Crippen molar-refractivity contribution in [1.82, 2.24) is 0 Å². The van der Waals surface area contributed by atoms with Crippen LogP contribution in [0.5, 0.6) is 5.75 Å². The predicted molar refractivity (Wildman–Crippen MR) is 89.7 cm³/mol.